The summed E-state index contributed by atoms with van der Waals surface area (Å²) in [5.41, 5.74) is 2.81. The van der Waals surface area contributed by atoms with Crippen molar-refractivity contribution in [2.75, 3.05) is 0 Å². The van der Waals surface area contributed by atoms with Gasteiger partial charge in [-0.1, -0.05) is 29.8 Å². The Morgan fingerprint density at radius 1 is 1.16 bits per heavy atom. The SMILES string of the molecule is Cc1ccc(F)cc1CC(O)Cc1cccc(Cl)c1. The Morgan fingerprint density at radius 3 is 2.68 bits per heavy atom. The first-order valence-electron chi connectivity index (χ1n) is 6.22. The minimum absolute atomic E-state index is 0.268. The molecule has 3 heteroatoms. The first-order chi connectivity index (χ1) is 9.04. The zero-order chi connectivity index (χ0) is 13.8. The first kappa shape index (κ1) is 14.0. The van der Waals surface area contributed by atoms with E-state index >= 15 is 0 Å². The molecule has 0 aromatic heterocycles. The van der Waals surface area contributed by atoms with Crippen molar-refractivity contribution in [3.8, 4) is 0 Å². The lowest BCUT2D eigenvalue weighted by atomic mass is 9.98. The van der Waals surface area contributed by atoms with Gasteiger partial charge in [-0.05, 0) is 60.7 Å². The van der Waals surface area contributed by atoms with Crippen LogP contribution in [0.2, 0.25) is 5.02 Å². The molecular weight excluding hydrogens is 263 g/mol. The third-order valence-corrected chi connectivity index (χ3v) is 3.36. The lowest BCUT2D eigenvalue weighted by molar-refractivity contribution is 0.175. The molecule has 2 aromatic carbocycles. The summed E-state index contributed by atoms with van der Waals surface area (Å²) in [4.78, 5) is 0. The van der Waals surface area contributed by atoms with Gasteiger partial charge in [0.25, 0.3) is 0 Å². The van der Waals surface area contributed by atoms with E-state index in [2.05, 4.69) is 0 Å². The molecule has 0 amide bonds. The highest BCUT2D eigenvalue weighted by atomic mass is 35.5. The van der Waals surface area contributed by atoms with Gasteiger partial charge in [-0.2, -0.15) is 0 Å². The normalized spacial score (nSPS) is 12.4. The monoisotopic (exact) mass is 278 g/mol. The van der Waals surface area contributed by atoms with Crippen molar-refractivity contribution in [2.45, 2.75) is 25.9 Å². The van der Waals surface area contributed by atoms with Gasteiger partial charge < -0.3 is 5.11 Å². The van der Waals surface area contributed by atoms with E-state index in [-0.39, 0.29) is 5.82 Å². The number of benzene rings is 2. The Labute approximate surface area is 117 Å². The fraction of sp³-hybridized carbons (Fsp3) is 0.250. The van der Waals surface area contributed by atoms with Crippen LogP contribution in [-0.4, -0.2) is 11.2 Å². The van der Waals surface area contributed by atoms with E-state index in [0.717, 1.165) is 16.7 Å². The summed E-state index contributed by atoms with van der Waals surface area (Å²) < 4.78 is 13.2. The molecule has 0 fully saturated rings. The second kappa shape index (κ2) is 6.18. The summed E-state index contributed by atoms with van der Waals surface area (Å²) in [5, 5.41) is 10.8. The van der Waals surface area contributed by atoms with Crippen LogP contribution in [0.25, 0.3) is 0 Å². The van der Waals surface area contributed by atoms with E-state index in [0.29, 0.717) is 17.9 Å². The summed E-state index contributed by atoms with van der Waals surface area (Å²) in [6, 6.07) is 12.1. The van der Waals surface area contributed by atoms with Crippen molar-refractivity contribution >= 4 is 11.6 Å². The molecule has 1 N–H and O–H groups in total. The Kier molecular flexibility index (Phi) is 4.56. The smallest absolute Gasteiger partial charge is 0.123 e. The quantitative estimate of drug-likeness (QED) is 0.898. The van der Waals surface area contributed by atoms with E-state index in [1.165, 1.54) is 12.1 Å². The van der Waals surface area contributed by atoms with Gasteiger partial charge in [-0.25, -0.2) is 4.39 Å². The van der Waals surface area contributed by atoms with Gasteiger partial charge in [0.2, 0.25) is 0 Å². The Balaban J connectivity index is 2.05. The molecule has 0 saturated heterocycles. The summed E-state index contributed by atoms with van der Waals surface area (Å²) in [6.45, 7) is 1.92. The molecule has 0 saturated carbocycles. The maximum Gasteiger partial charge on any atom is 0.123 e. The summed E-state index contributed by atoms with van der Waals surface area (Å²) in [5.74, 6) is -0.268. The van der Waals surface area contributed by atoms with E-state index in [9.17, 15) is 9.50 Å². The average Bonchev–Trinajstić information content (AvgIpc) is 2.34. The standard InChI is InChI=1S/C16H16ClFO/c1-11-5-6-15(18)9-13(11)10-16(19)8-12-3-2-4-14(17)7-12/h2-7,9,16,19H,8,10H2,1H3. The topological polar surface area (TPSA) is 20.2 Å². The maximum absolute atomic E-state index is 13.2. The van der Waals surface area contributed by atoms with Crippen LogP contribution in [0.5, 0.6) is 0 Å². The fourth-order valence-corrected chi connectivity index (χ4v) is 2.33. The third kappa shape index (κ3) is 4.05. The molecule has 1 nitrogen and oxygen atoms in total. The van der Waals surface area contributed by atoms with Crippen molar-refractivity contribution in [1.29, 1.82) is 0 Å². The number of halogens is 2. The van der Waals surface area contributed by atoms with Crippen LogP contribution in [0, 0.1) is 12.7 Å². The highest BCUT2D eigenvalue weighted by Gasteiger charge is 2.10. The summed E-state index contributed by atoms with van der Waals surface area (Å²) >= 11 is 5.90. The molecular formula is C16H16ClFO. The van der Waals surface area contributed by atoms with Gasteiger partial charge in [-0.15, -0.1) is 0 Å². The molecule has 0 aliphatic rings. The van der Waals surface area contributed by atoms with E-state index < -0.39 is 6.10 Å². The van der Waals surface area contributed by atoms with Crippen LogP contribution in [0.15, 0.2) is 42.5 Å². The molecule has 0 spiro atoms. The van der Waals surface area contributed by atoms with Crippen molar-refractivity contribution in [1.82, 2.24) is 0 Å². The van der Waals surface area contributed by atoms with Gasteiger partial charge in [0, 0.05) is 5.02 Å². The fourth-order valence-electron chi connectivity index (χ4n) is 2.12. The molecule has 0 aliphatic heterocycles. The Bertz CT molecular complexity index is 568. The summed E-state index contributed by atoms with van der Waals surface area (Å²) in [6.07, 6.45) is 0.408. The van der Waals surface area contributed by atoms with Gasteiger partial charge in [0.1, 0.15) is 5.82 Å². The zero-order valence-electron chi connectivity index (χ0n) is 10.7. The van der Waals surface area contributed by atoms with Crippen LogP contribution >= 0.6 is 11.6 Å². The molecule has 100 valence electrons. The Hall–Kier alpha value is -1.38. The number of aryl methyl sites for hydroxylation is 1. The predicted molar refractivity (Wildman–Crippen MR) is 76.0 cm³/mol. The largest absolute Gasteiger partial charge is 0.392 e. The van der Waals surface area contributed by atoms with Gasteiger partial charge in [-0.3, -0.25) is 0 Å². The Morgan fingerprint density at radius 2 is 1.95 bits per heavy atom. The minimum atomic E-state index is -0.543. The number of hydrogen-bond acceptors (Lipinski definition) is 1. The van der Waals surface area contributed by atoms with Gasteiger partial charge in [0.15, 0.2) is 0 Å². The number of aliphatic hydroxyl groups excluding tert-OH is 1. The van der Waals surface area contributed by atoms with Crippen LogP contribution in [0.3, 0.4) is 0 Å². The predicted octanol–water partition coefficient (Wildman–Crippen LogP) is 3.93. The van der Waals surface area contributed by atoms with E-state index in [1.807, 2.05) is 25.1 Å². The first-order valence-corrected chi connectivity index (χ1v) is 6.60. The maximum atomic E-state index is 13.2. The second-order valence-electron chi connectivity index (χ2n) is 4.76. The van der Waals surface area contributed by atoms with E-state index in [1.54, 1.807) is 12.1 Å². The third-order valence-electron chi connectivity index (χ3n) is 3.13. The molecule has 2 aromatic rings. The van der Waals surface area contributed by atoms with Crippen molar-refractivity contribution in [3.05, 3.63) is 70.0 Å². The van der Waals surface area contributed by atoms with Gasteiger partial charge in [0.05, 0.1) is 6.10 Å². The average molecular weight is 279 g/mol. The highest BCUT2D eigenvalue weighted by molar-refractivity contribution is 6.30. The molecule has 2 rings (SSSR count). The molecule has 1 unspecified atom stereocenters. The van der Waals surface area contributed by atoms with Crippen molar-refractivity contribution in [3.63, 3.8) is 0 Å². The molecule has 0 bridgehead atoms. The number of aliphatic hydroxyl groups is 1. The minimum Gasteiger partial charge on any atom is -0.392 e. The lowest BCUT2D eigenvalue weighted by Gasteiger charge is -2.13. The van der Waals surface area contributed by atoms with Crippen molar-refractivity contribution in [2.24, 2.45) is 0 Å². The molecule has 0 heterocycles. The van der Waals surface area contributed by atoms with Crippen LogP contribution < -0.4 is 0 Å². The van der Waals surface area contributed by atoms with Crippen LogP contribution in [0.4, 0.5) is 4.39 Å². The lowest BCUT2D eigenvalue weighted by Crippen LogP contribution is -2.14. The zero-order valence-corrected chi connectivity index (χ0v) is 11.5. The summed E-state index contributed by atoms with van der Waals surface area (Å²) in [7, 11) is 0. The van der Waals surface area contributed by atoms with Gasteiger partial charge >= 0.3 is 0 Å². The highest BCUT2D eigenvalue weighted by Crippen LogP contribution is 2.16. The number of rotatable bonds is 4. The molecule has 0 aliphatic carbocycles. The van der Waals surface area contributed by atoms with E-state index in [4.69, 9.17) is 11.6 Å². The number of hydrogen-bond donors (Lipinski definition) is 1. The van der Waals surface area contributed by atoms with Crippen molar-refractivity contribution < 1.29 is 9.50 Å². The molecule has 1 atom stereocenters. The molecule has 19 heavy (non-hydrogen) atoms. The van der Waals surface area contributed by atoms with Crippen LogP contribution in [-0.2, 0) is 12.8 Å². The molecule has 0 radical (unpaired) electrons. The van der Waals surface area contributed by atoms with Crippen LogP contribution in [0.1, 0.15) is 16.7 Å². The second-order valence-corrected chi connectivity index (χ2v) is 5.20.